The van der Waals surface area contributed by atoms with Crippen LogP contribution in [0, 0.1) is 0 Å². The lowest BCUT2D eigenvalue weighted by Crippen LogP contribution is -2.27. The van der Waals surface area contributed by atoms with Crippen molar-refractivity contribution >= 4 is 23.0 Å². The smallest absolute Gasteiger partial charge is 0.191 e. The molecule has 0 aliphatic heterocycles. The largest absolute Gasteiger partial charge is 0.331 e. The zero-order valence-electron chi connectivity index (χ0n) is 7.79. The molecule has 76 valence electrons. The van der Waals surface area contributed by atoms with E-state index in [4.69, 9.17) is 12.2 Å². The minimum atomic E-state index is 0.465. The van der Waals surface area contributed by atoms with Gasteiger partial charge < -0.3 is 5.32 Å². The highest BCUT2D eigenvalue weighted by Crippen LogP contribution is 2.04. The molecule has 2 rings (SSSR count). The number of thiocarbonyl (C=S) groups is 1. The molecule has 0 aliphatic rings. The van der Waals surface area contributed by atoms with Crippen LogP contribution in [-0.4, -0.2) is 20.2 Å². The molecule has 2 N–H and O–H groups in total. The van der Waals surface area contributed by atoms with Crippen molar-refractivity contribution in [1.29, 1.82) is 0 Å². The summed E-state index contributed by atoms with van der Waals surface area (Å²) in [5.74, 6) is 0. The fraction of sp³-hybridized carbons (Fsp3) is 0. The lowest BCUT2D eigenvalue weighted by atomic mass is 10.3. The van der Waals surface area contributed by atoms with E-state index >= 15 is 0 Å². The molecule has 0 unspecified atom stereocenters. The Morgan fingerprint density at radius 3 is 2.73 bits per heavy atom. The molecule has 0 atom stereocenters. The number of hydrogen-bond donors (Lipinski definition) is 2. The van der Waals surface area contributed by atoms with Gasteiger partial charge in [0.05, 0.1) is 12.4 Å². The Labute approximate surface area is 92.1 Å². The van der Waals surface area contributed by atoms with Gasteiger partial charge in [-0.3, -0.25) is 5.43 Å². The van der Waals surface area contributed by atoms with Crippen LogP contribution in [0.3, 0.4) is 0 Å². The van der Waals surface area contributed by atoms with Crippen molar-refractivity contribution in [3.05, 3.63) is 42.7 Å². The highest BCUT2D eigenvalue weighted by atomic mass is 32.1. The molecule has 1 heterocycles. The van der Waals surface area contributed by atoms with Gasteiger partial charge in [-0.15, -0.1) is 5.10 Å². The Morgan fingerprint density at radius 2 is 2.07 bits per heavy atom. The first-order valence-corrected chi connectivity index (χ1v) is 4.75. The predicted molar refractivity (Wildman–Crippen MR) is 62.0 cm³/mol. The fourth-order valence-corrected chi connectivity index (χ4v) is 1.26. The van der Waals surface area contributed by atoms with Crippen molar-refractivity contribution in [1.82, 2.24) is 15.1 Å². The Kier molecular flexibility index (Phi) is 2.89. The van der Waals surface area contributed by atoms with E-state index < -0.39 is 0 Å². The van der Waals surface area contributed by atoms with Crippen LogP contribution < -0.4 is 10.7 Å². The van der Waals surface area contributed by atoms with Crippen LogP contribution in [0.25, 0.3) is 0 Å². The van der Waals surface area contributed by atoms with Crippen molar-refractivity contribution in [2.45, 2.75) is 0 Å². The molecule has 15 heavy (non-hydrogen) atoms. The van der Waals surface area contributed by atoms with Crippen LogP contribution in [0.4, 0.5) is 5.69 Å². The van der Waals surface area contributed by atoms with E-state index in [-0.39, 0.29) is 0 Å². The Balaban J connectivity index is 1.94. The summed E-state index contributed by atoms with van der Waals surface area (Å²) in [6.07, 6.45) is 3.23. The van der Waals surface area contributed by atoms with E-state index in [0.717, 1.165) is 5.69 Å². The monoisotopic (exact) mass is 219 g/mol. The van der Waals surface area contributed by atoms with Crippen LogP contribution in [-0.2, 0) is 0 Å². The third-order valence-electron chi connectivity index (χ3n) is 1.67. The third-order valence-corrected chi connectivity index (χ3v) is 1.86. The second-order valence-corrected chi connectivity index (χ2v) is 3.19. The summed E-state index contributed by atoms with van der Waals surface area (Å²) in [5, 5.41) is 10.8. The molecule has 5 nitrogen and oxygen atoms in total. The molecular formula is C9H9N5S. The Hall–Kier alpha value is -1.95. The number of rotatable bonds is 2. The minimum Gasteiger partial charge on any atom is -0.331 e. The van der Waals surface area contributed by atoms with Crippen molar-refractivity contribution < 1.29 is 0 Å². The Bertz CT molecular complexity index is 425. The highest BCUT2D eigenvalue weighted by Gasteiger charge is 1.96. The summed E-state index contributed by atoms with van der Waals surface area (Å²) in [4.78, 5) is 1.43. The zero-order valence-corrected chi connectivity index (χ0v) is 8.61. The van der Waals surface area contributed by atoms with Gasteiger partial charge in [0.15, 0.2) is 5.11 Å². The summed E-state index contributed by atoms with van der Waals surface area (Å²) >= 11 is 5.07. The van der Waals surface area contributed by atoms with E-state index in [1.54, 1.807) is 12.4 Å². The molecule has 6 heteroatoms. The van der Waals surface area contributed by atoms with Gasteiger partial charge in [0.25, 0.3) is 0 Å². The van der Waals surface area contributed by atoms with Gasteiger partial charge in [0, 0.05) is 5.69 Å². The summed E-state index contributed by atoms with van der Waals surface area (Å²) in [6.45, 7) is 0. The fourth-order valence-electron chi connectivity index (χ4n) is 1.05. The number of hydrogen-bond acceptors (Lipinski definition) is 3. The molecule has 0 bridgehead atoms. The number of para-hydroxylation sites is 1. The van der Waals surface area contributed by atoms with Gasteiger partial charge in [0.2, 0.25) is 0 Å². The maximum atomic E-state index is 5.07. The maximum absolute atomic E-state index is 5.07. The number of aromatic nitrogens is 3. The third kappa shape index (κ3) is 2.75. The predicted octanol–water partition coefficient (Wildman–Crippen LogP) is 1.22. The summed E-state index contributed by atoms with van der Waals surface area (Å²) < 4.78 is 0. The molecule has 0 radical (unpaired) electrons. The quantitative estimate of drug-likeness (QED) is 0.744. The van der Waals surface area contributed by atoms with Crippen molar-refractivity contribution in [3.63, 3.8) is 0 Å². The van der Waals surface area contributed by atoms with E-state index in [2.05, 4.69) is 21.1 Å². The topological polar surface area (TPSA) is 54.8 Å². The molecule has 0 fully saturated rings. The first-order chi connectivity index (χ1) is 7.34. The number of nitrogens with one attached hydrogen (secondary N) is 2. The molecule has 1 aromatic heterocycles. The SMILES string of the molecule is S=C(Nc1ccccc1)Nn1ccnn1. The average Bonchev–Trinajstić information content (AvgIpc) is 2.71. The van der Waals surface area contributed by atoms with Gasteiger partial charge in [0.1, 0.15) is 0 Å². The first kappa shape index (κ1) is 9.60. The molecule has 0 saturated carbocycles. The lowest BCUT2D eigenvalue weighted by Gasteiger charge is -2.08. The number of benzene rings is 1. The second kappa shape index (κ2) is 4.52. The molecule has 0 saturated heterocycles. The Morgan fingerprint density at radius 1 is 1.27 bits per heavy atom. The van der Waals surface area contributed by atoms with E-state index in [1.165, 1.54) is 4.79 Å². The van der Waals surface area contributed by atoms with Crippen LogP contribution >= 0.6 is 12.2 Å². The molecule has 1 aromatic carbocycles. The van der Waals surface area contributed by atoms with Crippen LogP contribution in [0.5, 0.6) is 0 Å². The van der Waals surface area contributed by atoms with E-state index in [9.17, 15) is 0 Å². The molecule has 0 amide bonds. The van der Waals surface area contributed by atoms with Crippen molar-refractivity contribution in [3.8, 4) is 0 Å². The van der Waals surface area contributed by atoms with Crippen LogP contribution in [0.2, 0.25) is 0 Å². The standard InChI is InChI=1S/C9H9N5S/c15-9(12-14-7-6-10-13-14)11-8-4-2-1-3-5-8/h1-7H,(H2,11,12,15). The van der Waals surface area contributed by atoms with Gasteiger partial charge in [-0.25, -0.2) is 0 Å². The van der Waals surface area contributed by atoms with Gasteiger partial charge in [-0.1, -0.05) is 18.2 Å². The van der Waals surface area contributed by atoms with Gasteiger partial charge >= 0.3 is 0 Å². The number of nitrogens with zero attached hydrogens (tertiary/aromatic N) is 3. The van der Waals surface area contributed by atoms with Gasteiger partial charge in [-0.05, 0) is 29.6 Å². The molecule has 2 aromatic rings. The summed E-state index contributed by atoms with van der Waals surface area (Å²) in [5.41, 5.74) is 3.76. The van der Waals surface area contributed by atoms with Crippen LogP contribution in [0.1, 0.15) is 0 Å². The first-order valence-electron chi connectivity index (χ1n) is 4.34. The summed E-state index contributed by atoms with van der Waals surface area (Å²) in [7, 11) is 0. The maximum Gasteiger partial charge on any atom is 0.191 e. The average molecular weight is 219 g/mol. The van der Waals surface area contributed by atoms with E-state index in [0.29, 0.717) is 5.11 Å². The van der Waals surface area contributed by atoms with E-state index in [1.807, 2.05) is 30.3 Å². The molecule has 0 spiro atoms. The zero-order chi connectivity index (χ0) is 10.5. The van der Waals surface area contributed by atoms with Crippen molar-refractivity contribution in [2.24, 2.45) is 0 Å². The lowest BCUT2D eigenvalue weighted by molar-refractivity contribution is 0.755. The minimum absolute atomic E-state index is 0.465. The second-order valence-electron chi connectivity index (χ2n) is 2.78. The normalized spacial score (nSPS) is 9.60. The highest BCUT2D eigenvalue weighted by molar-refractivity contribution is 7.80. The van der Waals surface area contributed by atoms with Crippen molar-refractivity contribution in [2.75, 3.05) is 10.7 Å². The molecular weight excluding hydrogens is 210 g/mol. The van der Waals surface area contributed by atoms with Gasteiger partial charge in [-0.2, -0.15) is 4.79 Å². The van der Waals surface area contributed by atoms with Crippen LogP contribution in [0.15, 0.2) is 42.7 Å². The number of anilines is 1. The molecule has 0 aliphatic carbocycles. The summed E-state index contributed by atoms with van der Waals surface area (Å²) in [6, 6.07) is 9.66.